The predicted octanol–water partition coefficient (Wildman–Crippen LogP) is 2.53. The van der Waals surface area contributed by atoms with Gasteiger partial charge in [-0.2, -0.15) is 0 Å². The van der Waals surface area contributed by atoms with Crippen LogP contribution in [0, 0.1) is 13.8 Å². The maximum absolute atomic E-state index is 5.63. The van der Waals surface area contributed by atoms with Crippen LogP contribution in [0.15, 0.2) is 18.3 Å². The molecule has 2 N–H and O–H groups in total. The monoisotopic (exact) mass is 260 g/mol. The number of nitrogen functional groups attached to an aromatic ring is 1. The summed E-state index contributed by atoms with van der Waals surface area (Å²) >= 11 is 0. The molecule has 0 radical (unpaired) electrons. The molecule has 5 heteroatoms. The zero-order chi connectivity index (χ0) is 13.8. The first-order valence-corrected chi connectivity index (χ1v) is 6.46. The molecule has 0 amide bonds. The number of pyridine rings is 1. The van der Waals surface area contributed by atoms with Crippen LogP contribution in [0.1, 0.15) is 24.7 Å². The second-order valence-corrected chi connectivity index (χ2v) is 4.54. The number of anilines is 1. The molecule has 0 spiro atoms. The highest BCUT2D eigenvalue weighted by Crippen LogP contribution is 2.22. The summed E-state index contributed by atoms with van der Waals surface area (Å²) in [6.07, 6.45) is 2.75. The number of hydrogen-bond donors (Lipinski definition) is 1. The van der Waals surface area contributed by atoms with Crippen LogP contribution in [0.4, 0.5) is 5.82 Å². The SMILES string of the molecule is CCCOCn1c(-c2ccc(N)nc2)nc(C)c1C. The van der Waals surface area contributed by atoms with Crippen molar-refractivity contribution < 1.29 is 4.74 Å². The van der Waals surface area contributed by atoms with E-state index in [2.05, 4.69) is 21.5 Å². The van der Waals surface area contributed by atoms with Gasteiger partial charge < -0.3 is 15.0 Å². The molecule has 2 heterocycles. The molecule has 2 aromatic heterocycles. The first-order chi connectivity index (χ1) is 9.13. The lowest BCUT2D eigenvalue weighted by Crippen LogP contribution is -2.07. The summed E-state index contributed by atoms with van der Waals surface area (Å²) in [7, 11) is 0. The van der Waals surface area contributed by atoms with Crippen molar-refractivity contribution in [3.63, 3.8) is 0 Å². The lowest BCUT2D eigenvalue weighted by atomic mass is 10.2. The van der Waals surface area contributed by atoms with E-state index in [1.807, 2.05) is 19.9 Å². The van der Waals surface area contributed by atoms with Crippen molar-refractivity contribution in [2.45, 2.75) is 33.9 Å². The molecule has 0 fully saturated rings. The van der Waals surface area contributed by atoms with Crippen LogP contribution in [0.5, 0.6) is 0 Å². The van der Waals surface area contributed by atoms with Crippen LogP contribution in [-0.2, 0) is 11.5 Å². The van der Waals surface area contributed by atoms with Crippen LogP contribution in [0.2, 0.25) is 0 Å². The van der Waals surface area contributed by atoms with Crippen LogP contribution in [0.25, 0.3) is 11.4 Å². The summed E-state index contributed by atoms with van der Waals surface area (Å²) in [6, 6.07) is 3.71. The summed E-state index contributed by atoms with van der Waals surface area (Å²) in [5.41, 5.74) is 8.68. The number of aryl methyl sites for hydroxylation is 1. The molecular formula is C14H20N4O. The summed E-state index contributed by atoms with van der Waals surface area (Å²) < 4.78 is 7.69. The standard InChI is InChI=1S/C14H20N4O/c1-4-7-19-9-18-11(3)10(2)17-14(18)12-5-6-13(15)16-8-12/h5-6,8H,4,7,9H2,1-3H3,(H2,15,16). The summed E-state index contributed by atoms with van der Waals surface area (Å²) in [6.45, 7) is 7.40. The number of nitrogens with zero attached hydrogens (tertiary/aromatic N) is 3. The van der Waals surface area contributed by atoms with E-state index in [0.29, 0.717) is 12.5 Å². The number of imidazole rings is 1. The Morgan fingerprint density at radius 1 is 1.32 bits per heavy atom. The third kappa shape index (κ3) is 2.93. The minimum absolute atomic E-state index is 0.512. The smallest absolute Gasteiger partial charge is 0.143 e. The second kappa shape index (κ2) is 5.84. The Morgan fingerprint density at radius 2 is 2.11 bits per heavy atom. The Balaban J connectivity index is 2.33. The van der Waals surface area contributed by atoms with E-state index in [1.54, 1.807) is 12.3 Å². The number of rotatable bonds is 5. The predicted molar refractivity (Wildman–Crippen MR) is 75.6 cm³/mol. The Hall–Kier alpha value is -1.88. The Bertz CT molecular complexity index is 545. The third-order valence-electron chi connectivity index (χ3n) is 3.07. The molecule has 5 nitrogen and oxygen atoms in total. The molecule has 2 rings (SSSR count). The topological polar surface area (TPSA) is 66.0 Å². The first-order valence-electron chi connectivity index (χ1n) is 6.46. The molecule has 0 unspecified atom stereocenters. The van der Waals surface area contributed by atoms with Crippen LogP contribution >= 0.6 is 0 Å². The zero-order valence-corrected chi connectivity index (χ0v) is 11.7. The average molecular weight is 260 g/mol. The van der Waals surface area contributed by atoms with Gasteiger partial charge in [-0.3, -0.25) is 0 Å². The molecule has 0 bridgehead atoms. The van der Waals surface area contributed by atoms with Crippen molar-refractivity contribution in [3.05, 3.63) is 29.7 Å². The minimum Gasteiger partial charge on any atom is -0.384 e. The van der Waals surface area contributed by atoms with Gasteiger partial charge in [-0.15, -0.1) is 0 Å². The zero-order valence-electron chi connectivity index (χ0n) is 11.7. The van der Waals surface area contributed by atoms with Crippen LogP contribution < -0.4 is 5.73 Å². The number of aromatic nitrogens is 3. The van der Waals surface area contributed by atoms with Gasteiger partial charge in [0.15, 0.2) is 0 Å². The van der Waals surface area contributed by atoms with Gasteiger partial charge in [0, 0.05) is 24.1 Å². The fourth-order valence-corrected chi connectivity index (χ4v) is 1.87. The molecule has 0 atom stereocenters. The van der Waals surface area contributed by atoms with Crippen molar-refractivity contribution in [1.82, 2.24) is 14.5 Å². The highest BCUT2D eigenvalue weighted by atomic mass is 16.5. The van der Waals surface area contributed by atoms with Crippen molar-refractivity contribution in [2.24, 2.45) is 0 Å². The van der Waals surface area contributed by atoms with Crippen molar-refractivity contribution in [3.8, 4) is 11.4 Å². The molecular weight excluding hydrogens is 240 g/mol. The lowest BCUT2D eigenvalue weighted by Gasteiger charge is -2.10. The maximum Gasteiger partial charge on any atom is 0.143 e. The first kappa shape index (κ1) is 13.5. The molecule has 0 aliphatic heterocycles. The second-order valence-electron chi connectivity index (χ2n) is 4.54. The van der Waals surface area contributed by atoms with Gasteiger partial charge in [0.25, 0.3) is 0 Å². The quantitative estimate of drug-likeness (QED) is 0.839. The van der Waals surface area contributed by atoms with Gasteiger partial charge in [0.1, 0.15) is 18.4 Å². The molecule has 0 saturated carbocycles. The van der Waals surface area contributed by atoms with Gasteiger partial charge in [-0.25, -0.2) is 9.97 Å². The summed E-state index contributed by atoms with van der Waals surface area (Å²) in [4.78, 5) is 8.71. The van der Waals surface area contributed by atoms with Gasteiger partial charge in [0.05, 0.1) is 5.69 Å². The molecule has 0 aliphatic carbocycles. The van der Waals surface area contributed by atoms with Crippen LogP contribution in [0.3, 0.4) is 0 Å². The highest BCUT2D eigenvalue weighted by Gasteiger charge is 2.13. The normalized spacial score (nSPS) is 10.9. The lowest BCUT2D eigenvalue weighted by molar-refractivity contribution is 0.0773. The molecule has 19 heavy (non-hydrogen) atoms. The Morgan fingerprint density at radius 3 is 2.74 bits per heavy atom. The van der Waals surface area contributed by atoms with E-state index in [9.17, 15) is 0 Å². The number of hydrogen-bond acceptors (Lipinski definition) is 4. The van der Waals surface area contributed by atoms with Gasteiger partial charge >= 0.3 is 0 Å². The van der Waals surface area contributed by atoms with E-state index in [4.69, 9.17) is 10.5 Å². The molecule has 0 saturated heterocycles. The van der Waals surface area contributed by atoms with Gasteiger partial charge in [-0.05, 0) is 32.4 Å². The summed E-state index contributed by atoms with van der Waals surface area (Å²) in [5, 5.41) is 0. The Labute approximate surface area is 113 Å². The van der Waals surface area contributed by atoms with Gasteiger partial charge in [0.2, 0.25) is 0 Å². The number of ether oxygens (including phenoxy) is 1. The molecule has 0 aliphatic rings. The highest BCUT2D eigenvalue weighted by molar-refractivity contribution is 5.57. The average Bonchev–Trinajstić information content (AvgIpc) is 2.68. The third-order valence-corrected chi connectivity index (χ3v) is 3.07. The fourth-order valence-electron chi connectivity index (χ4n) is 1.87. The van der Waals surface area contributed by atoms with Crippen molar-refractivity contribution in [2.75, 3.05) is 12.3 Å². The van der Waals surface area contributed by atoms with Gasteiger partial charge in [-0.1, -0.05) is 6.92 Å². The van der Waals surface area contributed by atoms with Crippen LogP contribution in [-0.4, -0.2) is 21.1 Å². The van der Waals surface area contributed by atoms with E-state index >= 15 is 0 Å². The van der Waals surface area contributed by atoms with E-state index in [1.165, 1.54) is 0 Å². The maximum atomic E-state index is 5.63. The minimum atomic E-state index is 0.512. The van der Waals surface area contributed by atoms with E-state index < -0.39 is 0 Å². The van der Waals surface area contributed by atoms with Crippen molar-refractivity contribution >= 4 is 5.82 Å². The number of nitrogens with two attached hydrogens (primary N) is 1. The Kier molecular flexibility index (Phi) is 4.16. The summed E-state index contributed by atoms with van der Waals surface area (Å²) in [5.74, 6) is 1.39. The van der Waals surface area contributed by atoms with Crippen molar-refractivity contribution in [1.29, 1.82) is 0 Å². The largest absolute Gasteiger partial charge is 0.384 e. The molecule has 0 aromatic carbocycles. The molecule has 2 aromatic rings. The fraction of sp³-hybridized carbons (Fsp3) is 0.429. The van der Waals surface area contributed by atoms with E-state index in [0.717, 1.165) is 35.8 Å². The molecule has 102 valence electrons. The van der Waals surface area contributed by atoms with E-state index in [-0.39, 0.29) is 0 Å².